The van der Waals surface area contributed by atoms with Crippen molar-refractivity contribution in [2.45, 2.75) is 12.8 Å². The summed E-state index contributed by atoms with van der Waals surface area (Å²) < 4.78 is 0. The smallest absolute Gasteiger partial charge is 0.113 e. The Hall–Kier alpha value is -1.38. The Kier molecular flexibility index (Phi) is 1.78. The summed E-state index contributed by atoms with van der Waals surface area (Å²) in [5, 5.41) is 6.23. The number of rotatable bonds is 1. The molecule has 1 aromatic carbocycles. The van der Waals surface area contributed by atoms with Crippen LogP contribution in [0.25, 0.3) is 0 Å². The molecule has 0 saturated carbocycles. The van der Waals surface area contributed by atoms with Gasteiger partial charge in [-0.1, -0.05) is 6.07 Å². The Balaban J connectivity index is 2.51. The lowest BCUT2D eigenvalue weighted by Gasteiger charge is -2.17. The first-order valence-electron chi connectivity index (χ1n) is 4.11. The van der Waals surface area contributed by atoms with E-state index in [1.165, 1.54) is 0 Å². The van der Waals surface area contributed by atoms with Crippen molar-refractivity contribution in [2.75, 3.05) is 11.9 Å². The number of nitrogens with one attached hydrogen (secondary N) is 1. The molecule has 0 aromatic heterocycles. The van der Waals surface area contributed by atoms with Crippen LogP contribution < -0.4 is 5.32 Å². The van der Waals surface area contributed by atoms with Crippen LogP contribution in [0, 0.1) is 4.91 Å². The van der Waals surface area contributed by atoms with Crippen molar-refractivity contribution in [1.82, 2.24) is 0 Å². The Bertz CT molecular complexity index is 309. The minimum atomic E-state index is 0.583. The second-order valence-electron chi connectivity index (χ2n) is 2.92. The first-order chi connectivity index (χ1) is 5.92. The van der Waals surface area contributed by atoms with Gasteiger partial charge in [0.1, 0.15) is 5.69 Å². The quantitative estimate of drug-likeness (QED) is 0.644. The fourth-order valence-corrected chi connectivity index (χ4v) is 1.58. The lowest BCUT2D eigenvalue weighted by Crippen LogP contribution is -2.11. The fourth-order valence-electron chi connectivity index (χ4n) is 1.58. The third-order valence-corrected chi connectivity index (χ3v) is 2.17. The average molecular weight is 162 g/mol. The number of fused-ring (bicyclic) bond motifs is 1. The molecule has 0 amide bonds. The van der Waals surface area contributed by atoms with Gasteiger partial charge in [0.15, 0.2) is 0 Å². The molecule has 0 radical (unpaired) electrons. The van der Waals surface area contributed by atoms with E-state index >= 15 is 0 Å². The monoisotopic (exact) mass is 162 g/mol. The van der Waals surface area contributed by atoms with E-state index in [9.17, 15) is 4.91 Å². The molecule has 3 heteroatoms. The molecule has 1 aliphatic rings. The molecule has 0 aliphatic carbocycles. The maximum Gasteiger partial charge on any atom is 0.113 e. The molecule has 12 heavy (non-hydrogen) atoms. The van der Waals surface area contributed by atoms with Crippen LogP contribution in [-0.2, 0) is 6.42 Å². The minimum absolute atomic E-state index is 0.583. The van der Waals surface area contributed by atoms with Gasteiger partial charge < -0.3 is 5.32 Å². The Morgan fingerprint density at radius 2 is 2.33 bits per heavy atom. The summed E-state index contributed by atoms with van der Waals surface area (Å²) in [7, 11) is 0. The molecule has 2 rings (SSSR count). The highest BCUT2D eigenvalue weighted by molar-refractivity contribution is 5.64. The van der Waals surface area contributed by atoms with Crippen LogP contribution >= 0.6 is 0 Å². The predicted octanol–water partition coefficient (Wildman–Crippen LogP) is 2.44. The van der Waals surface area contributed by atoms with E-state index < -0.39 is 0 Å². The molecule has 1 N–H and O–H groups in total. The molecular formula is C9H10N2O. The summed E-state index contributed by atoms with van der Waals surface area (Å²) in [4.78, 5) is 10.4. The van der Waals surface area contributed by atoms with Crippen LogP contribution in [0.1, 0.15) is 12.0 Å². The number of benzene rings is 1. The van der Waals surface area contributed by atoms with Crippen molar-refractivity contribution >= 4 is 11.4 Å². The Morgan fingerprint density at radius 1 is 1.42 bits per heavy atom. The highest BCUT2D eigenvalue weighted by Crippen LogP contribution is 2.30. The zero-order chi connectivity index (χ0) is 8.39. The van der Waals surface area contributed by atoms with Gasteiger partial charge in [0.25, 0.3) is 0 Å². The average Bonchev–Trinajstić information content (AvgIpc) is 2.17. The zero-order valence-electron chi connectivity index (χ0n) is 6.71. The Morgan fingerprint density at radius 3 is 3.17 bits per heavy atom. The molecule has 0 unspecified atom stereocenters. The van der Waals surface area contributed by atoms with Crippen LogP contribution in [0.3, 0.4) is 0 Å². The molecule has 1 aromatic rings. The van der Waals surface area contributed by atoms with Crippen molar-refractivity contribution in [1.29, 1.82) is 0 Å². The molecule has 0 atom stereocenters. The van der Waals surface area contributed by atoms with E-state index in [1.807, 2.05) is 12.1 Å². The first-order valence-corrected chi connectivity index (χ1v) is 4.11. The number of hydrogen-bond donors (Lipinski definition) is 1. The van der Waals surface area contributed by atoms with Gasteiger partial charge in [0.2, 0.25) is 0 Å². The summed E-state index contributed by atoms with van der Waals surface area (Å²) >= 11 is 0. The van der Waals surface area contributed by atoms with Crippen LogP contribution in [0.4, 0.5) is 11.4 Å². The van der Waals surface area contributed by atoms with Crippen molar-refractivity contribution in [3.05, 3.63) is 28.7 Å². The second-order valence-corrected chi connectivity index (χ2v) is 2.92. The van der Waals surface area contributed by atoms with Crippen LogP contribution in [0.15, 0.2) is 23.4 Å². The van der Waals surface area contributed by atoms with Gasteiger partial charge in [0.05, 0.1) is 0 Å². The second kappa shape index (κ2) is 2.93. The third kappa shape index (κ3) is 1.07. The lowest BCUT2D eigenvalue weighted by molar-refractivity contribution is 0.830. The largest absolute Gasteiger partial charge is 0.385 e. The lowest BCUT2D eigenvalue weighted by atomic mass is 10.0. The molecule has 3 nitrogen and oxygen atoms in total. The van der Waals surface area contributed by atoms with E-state index in [0.29, 0.717) is 5.69 Å². The number of nitroso groups, excluding NO2 is 1. The normalized spacial score (nSPS) is 14.7. The molecule has 0 fully saturated rings. The summed E-state index contributed by atoms with van der Waals surface area (Å²) in [6.07, 6.45) is 2.05. The predicted molar refractivity (Wildman–Crippen MR) is 48.7 cm³/mol. The highest BCUT2D eigenvalue weighted by Gasteiger charge is 2.11. The van der Waals surface area contributed by atoms with E-state index in [2.05, 4.69) is 10.5 Å². The molecule has 1 aliphatic heterocycles. The van der Waals surface area contributed by atoms with E-state index in [1.54, 1.807) is 6.07 Å². The van der Waals surface area contributed by atoms with Gasteiger partial charge in [-0.05, 0) is 30.2 Å². The fraction of sp³-hybridized carbons (Fsp3) is 0.333. The highest BCUT2D eigenvalue weighted by atomic mass is 16.3. The van der Waals surface area contributed by atoms with Gasteiger partial charge in [-0.25, -0.2) is 0 Å². The van der Waals surface area contributed by atoms with Crippen molar-refractivity contribution < 1.29 is 0 Å². The van der Waals surface area contributed by atoms with E-state index in [4.69, 9.17) is 0 Å². The van der Waals surface area contributed by atoms with Crippen molar-refractivity contribution in [3.63, 3.8) is 0 Å². The van der Waals surface area contributed by atoms with Gasteiger partial charge in [-0.2, -0.15) is 0 Å². The Labute approximate surface area is 70.8 Å². The van der Waals surface area contributed by atoms with Gasteiger partial charge in [-0.3, -0.25) is 0 Å². The molecule has 0 saturated heterocycles. The van der Waals surface area contributed by atoms with Crippen molar-refractivity contribution in [3.8, 4) is 0 Å². The van der Waals surface area contributed by atoms with Gasteiger partial charge >= 0.3 is 0 Å². The van der Waals surface area contributed by atoms with E-state index in [-0.39, 0.29) is 0 Å². The summed E-state index contributed by atoms with van der Waals surface area (Å²) in [6.45, 7) is 0.995. The molecule has 0 bridgehead atoms. The van der Waals surface area contributed by atoms with Crippen LogP contribution in [0.2, 0.25) is 0 Å². The summed E-state index contributed by atoms with van der Waals surface area (Å²) in [6, 6.07) is 5.61. The van der Waals surface area contributed by atoms with Crippen LogP contribution in [-0.4, -0.2) is 6.54 Å². The topological polar surface area (TPSA) is 41.5 Å². The summed E-state index contributed by atoms with van der Waals surface area (Å²) in [5.41, 5.74) is 2.72. The first kappa shape index (κ1) is 7.28. The minimum Gasteiger partial charge on any atom is -0.385 e. The maximum atomic E-state index is 10.4. The van der Waals surface area contributed by atoms with Crippen LogP contribution in [0.5, 0.6) is 0 Å². The van der Waals surface area contributed by atoms with E-state index in [0.717, 1.165) is 30.6 Å². The SMILES string of the molecule is O=Nc1cccc2c1CCCN2. The van der Waals surface area contributed by atoms with Gasteiger partial charge in [-0.15, -0.1) is 4.91 Å². The zero-order valence-corrected chi connectivity index (χ0v) is 6.71. The molecular weight excluding hydrogens is 152 g/mol. The summed E-state index contributed by atoms with van der Waals surface area (Å²) in [5.74, 6) is 0. The molecule has 1 heterocycles. The molecule has 62 valence electrons. The molecule has 0 spiro atoms. The number of hydrogen-bond acceptors (Lipinski definition) is 3. The standard InChI is InChI=1S/C9H10N2O/c12-11-9-5-1-4-8-7(9)3-2-6-10-8/h1,4-5,10H,2-3,6H2. The number of nitrogens with zero attached hydrogens (tertiary/aromatic N) is 1. The third-order valence-electron chi connectivity index (χ3n) is 2.17. The van der Waals surface area contributed by atoms with Crippen molar-refractivity contribution in [2.24, 2.45) is 5.18 Å². The maximum absolute atomic E-state index is 10.4. The number of anilines is 1. The van der Waals surface area contributed by atoms with Gasteiger partial charge in [0, 0.05) is 17.8 Å².